The fourth-order valence-corrected chi connectivity index (χ4v) is 3.00. The number of hydrogen-bond acceptors (Lipinski definition) is 5. The highest BCUT2D eigenvalue weighted by Crippen LogP contribution is 2.40. The Labute approximate surface area is 125 Å². The summed E-state index contributed by atoms with van der Waals surface area (Å²) in [7, 11) is 0. The Hall–Kier alpha value is -1.59. The van der Waals surface area contributed by atoms with Gasteiger partial charge in [-0.2, -0.15) is 0 Å². The summed E-state index contributed by atoms with van der Waals surface area (Å²) in [6, 6.07) is 5.31. The van der Waals surface area contributed by atoms with Crippen LogP contribution in [-0.2, 0) is 4.74 Å². The highest BCUT2D eigenvalue weighted by Gasteiger charge is 2.36. The van der Waals surface area contributed by atoms with Crippen LogP contribution < -0.4 is 10.6 Å². The number of esters is 1. The summed E-state index contributed by atoms with van der Waals surface area (Å²) >= 11 is 0. The molecule has 1 aliphatic rings. The van der Waals surface area contributed by atoms with Crippen molar-refractivity contribution >= 4 is 11.7 Å². The van der Waals surface area contributed by atoms with Crippen LogP contribution in [0.3, 0.4) is 0 Å². The maximum absolute atomic E-state index is 11.9. The number of anilines is 1. The van der Waals surface area contributed by atoms with Crippen LogP contribution in [0.2, 0.25) is 0 Å². The Morgan fingerprint density at radius 3 is 2.71 bits per heavy atom. The van der Waals surface area contributed by atoms with E-state index in [1.165, 1.54) is 0 Å². The quantitative estimate of drug-likeness (QED) is 0.834. The van der Waals surface area contributed by atoms with Crippen molar-refractivity contribution in [2.24, 2.45) is 11.7 Å². The summed E-state index contributed by atoms with van der Waals surface area (Å²) in [6.45, 7) is 7.98. The Bertz CT molecular complexity index is 530. The predicted molar refractivity (Wildman–Crippen MR) is 82.1 cm³/mol. The van der Waals surface area contributed by atoms with Gasteiger partial charge in [-0.05, 0) is 50.5 Å². The average molecular weight is 292 g/mol. The molecule has 5 heteroatoms. The normalized spacial score (nSPS) is 26.2. The smallest absolute Gasteiger partial charge is 0.338 e. The number of carbonyl (C=O) groups excluding carboxylic acids is 1. The van der Waals surface area contributed by atoms with Gasteiger partial charge in [-0.3, -0.25) is 0 Å². The number of nitrogens with two attached hydrogens (primary N) is 1. The number of fused-ring (bicyclic) bond motifs is 1. The molecule has 0 fully saturated rings. The number of ether oxygens (including phenoxy) is 1. The fraction of sp³-hybridized carbons (Fsp3) is 0.562. The van der Waals surface area contributed by atoms with E-state index in [9.17, 15) is 9.90 Å². The van der Waals surface area contributed by atoms with E-state index in [4.69, 9.17) is 10.5 Å². The zero-order chi connectivity index (χ0) is 15.7. The van der Waals surface area contributed by atoms with Crippen molar-refractivity contribution in [2.75, 3.05) is 11.5 Å². The molecule has 0 aromatic heterocycles. The second-order valence-corrected chi connectivity index (χ2v) is 5.66. The monoisotopic (exact) mass is 292 g/mol. The van der Waals surface area contributed by atoms with Gasteiger partial charge in [0, 0.05) is 17.8 Å². The summed E-state index contributed by atoms with van der Waals surface area (Å²) in [5, 5.41) is 10.1. The molecule has 0 saturated carbocycles. The van der Waals surface area contributed by atoms with E-state index in [0.717, 1.165) is 11.3 Å². The number of nitrogens with zero attached hydrogens (tertiary/aromatic N) is 1. The molecule has 1 aromatic carbocycles. The predicted octanol–water partition coefficient (Wildman–Crippen LogP) is 2.05. The molecule has 3 N–H and O–H groups in total. The van der Waals surface area contributed by atoms with Crippen molar-refractivity contribution in [3.63, 3.8) is 0 Å². The zero-order valence-corrected chi connectivity index (χ0v) is 13.0. The molecule has 0 spiro atoms. The lowest BCUT2D eigenvalue weighted by molar-refractivity contribution is 0.0526. The van der Waals surface area contributed by atoms with Crippen molar-refractivity contribution < 1.29 is 14.6 Å². The molecule has 1 aromatic rings. The van der Waals surface area contributed by atoms with E-state index in [0.29, 0.717) is 12.2 Å². The van der Waals surface area contributed by atoms with E-state index >= 15 is 0 Å². The minimum atomic E-state index is -0.609. The van der Waals surface area contributed by atoms with Crippen LogP contribution in [-0.4, -0.2) is 30.0 Å². The number of benzene rings is 1. The van der Waals surface area contributed by atoms with Gasteiger partial charge in [-0.15, -0.1) is 0 Å². The van der Waals surface area contributed by atoms with Gasteiger partial charge in [0.2, 0.25) is 0 Å². The Morgan fingerprint density at radius 2 is 2.14 bits per heavy atom. The lowest BCUT2D eigenvalue weighted by atomic mass is 9.82. The highest BCUT2D eigenvalue weighted by molar-refractivity contribution is 5.90. The van der Waals surface area contributed by atoms with E-state index in [-0.39, 0.29) is 24.0 Å². The minimum Gasteiger partial charge on any atom is -0.462 e. The lowest BCUT2D eigenvalue weighted by Gasteiger charge is -2.45. The number of hydrogen-bond donors (Lipinski definition) is 2. The lowest BCUT2D eigenvalue weighted by Crippen LogP contribution is -2.50. The third kappa shape index (κ3) is 2.76. The first-order chi connectivity index (χ1) is 9.88. The molecule has 1 aliphatic heterocycles. The van der Waals surface area contributed by atoms with E-state index < -0.39 is 6.23 Å². The molecule has 5 nitrogen and oxygen atoms in total. The highest BCUT2D eigenvalue weighted by atomic mass is 16.5. The molecule has 1 unspecified atom stereocenters. The molecule has 1 heterocycles. The summed E-state index contributed by atoms with van der Waals surface area (Å²) in [5.74, 6) is -0.174. The maximum Gasteiger partial charge on any atom is 0.338 e. The number of aliphatic hydroxyl groups excluding tert-OH is 1. The van der Waals surface area contributed by atoms with Crippen LogP contribution in [0, 0.1) is 5.92 Å². The summed E-state index contributed by atoms with van der Waals surface area (Å²) in [5.41, 5.74) is 8.59. The number of carbonyl (C=O) groups is 1. The molecule has 0 saturated heterocycles. The Morgan fingerprint density at radius 1 is 1.48 bits per heavy atom. The van der Waals surface area contributed by atoms with Gasteiger partial charge >= 0.3 is 5.97 Å². The first kappa shape index (κ1) is 15.8. The molecule has 0 amide bonds. The van der Waals surface area contributed by atoms with Crippen molar-refractivity contribution in [3.05, 3.63) is 29.3 Å². The van der Waals surface area contributed by atoms with Gasteiger partial charge in [-0.1, -0.05) is 6.92 Å². The van der Waals surface area contributed by atoms with Crippen LogP contribution in [0.15, 0.2) is 18.2 Å². The van der Waals surface area contributed by atoms with Crippen molar-refractivity contribution in [3.8, 4) is 0 Å². The van der Waals surface area contributed by atoms with Gasteiger partial charge in [0.15, 0.2) is 0 Å². The molecule has 116 valence electrons. The van der Waals surface area contributed by atoms with E-state index in [2.05, 4.69) is 13.8 Å². The van der Waals surface area contributed by atoms with Crippen LogP contribution in [0.4, 0.5) is 5.69 Å². The van der Waals surface area contributed by atoms with E-state index in [1.807, 2.05) is 11.0 Å². The van der Waals surface area contributed by atoms with Gasteiger partial charge in [-0.25, -0.2) is 4.79 Å². The van der Waals surface area contributed by atoms with Crippen LogP contribution in [0.1, 0.15) is 49.7 Å². The standard InChI is InChI=1S/C16H24N2O3/c1-5-21-16(20)12-6-7-14-13(8-12)15(17)9(2)10(3)18(14)11(4)19/h6-11,15,19H,5,17H2,1-4H3/t9-,10-,11?,15+/m0/s1. The zero-order valence-electron chi connectivity index (χ0n) is 13.0. The van der Waals surface area contributed by atoms with Gasteiger partial charge in [0.25, 0.3) is 0 Å². The first-order valence-electron chi connectivity index (χ1n) is 7.41. The van der Waals surface area contributed by atoms with Crippen LogP contribution >= 0.6 is 0 Å². The minimum absolute atomic E-state index is 0.126. The molecule has 2 rings (SSSR count). The maximum atomic E-state index is 11.9. The third-order valence-corrected chi connectivity index (χ3v) is 4.34. The van der Waals surface area contributed by atoms with Crippen LogP contribution in [0.25, 0.3) is 0 Å². The Kier molecular flexibility index (Phi) is 4.54. The van der Waals surface area contributed by atoms with Crippen LogP contribution in [0.5, 0.6) is 0 Å². The molecular formula is C16H24N2O3. The SMILES string of the molecule is CCOC(=O)c1ccc2c(c1)[C@H](N)[C@@H](C)[C@H](C)N2C(C)O. The van der Waals surface area contributed by atoms with Crippen molar-refractivity contribution in [2.45, 2.75) is 46.0 Å². The summed E-state index contributed by atoms with van der Waals surface area (Å²) < 4.78 is 5.03. The largest absolute Gasteiger partial charge is 0.462 e. The molecule has 0 aliphatic carbocycles. The van der Waals surface area contributed by atoms with E-state index in [1.54, 1.807) is 26.0 Å². The second kappa shape index (κ2) is 6.03. The number of rotatable bonds is 3. The fourth-order valence-electron chi connectivity index (χ4n) is 3.00. The first-order valence-corrected chi connectivity index (χ1v) is 7.41. The Balaban J connectivity index is 2.48. The van der Waals surface area contributed by atoms with Crippen molar-refractivity contribution in [1.29, 1.82) is 0 Å². The molecule has 4 atom stereocenters. The van der Waals surface area contributed by atoms with Crippen molar-refractivity contribution in [1.82, 2.24) is 0 Å². The molecule has 21 heavy (non-hydrogen) atoms. The summed E-state index contributed by atoms with van der Waals surface area (Å²) in [4.78, 5) is 13.8. The second-order valence-electron chi connectivity index (χ2n) is 5.66. The molecule has 0 radical (unpaired) electrons. The topological polar surface area (TPSA) is 75.8 Å². The molecule has 0 bridgehead atoms. The third-order valence-electron chi connectivity index (χ3n) is 4.34. The number of aliphatic hydroxyl groups is 1. The molecular weight excluding hydrogens is 268 g/mol. The van der Waals surface area contributed by atoms with Gasteiger partial charge < -0.3 is 20.5 Å². The van der Waals surface area contributed by atoms with Gasteiger partial charge in [0.1, 0.15) is 6.23 Å². The average Bonchev–Trinajstić information content (AvgIpc) is 2.44. The summed E-state index contributed by atoms with van der Waals surface area (Å²) in [6.07, 6.45) is -0.609. The van der Waals surface area contributed by atoms with Gasteiger partial charge in [0.05, 0.1) is 12.2 Å².